The van der Waals surface area contributed by atoms with Gasteiger partial charge in [-0.25, -0.2) is 0 Å². The predicted octanol–water partition coefficient (Wildman–Crippen LogP) is 3.48. The zero-order valence-corrected chi connectivity index (χ0v) is 13.0. The minimum atomic E-state index is 0.301. The molecule has 104 valence electrons. The van der Waals surface area contributed by atoms with Crippen LogP contribution >= 0.6 is 15.9 Å². The van der Waals surface area contributed by atoms with Gasteiger partial charge in [-0.3, -0.25) is 4.79 Å². The van der Waals surface area contributed by atoms with Crippen LogP contribution in [0.4, 0.5) is 0 Å². The Labute approximate surface area is 122 Å². The number of rotatable bonds is 4. The Morgan fingerprint density at radius 1 is 1.37 bits per heavy atom. The fraction of sp³-hybridized carbons (Fsp3) is 0.533. The van der Waals surface area contributed by atoms with Gasteiger partial charge in [0.25, 0.3) is 0 Å². The molecular weight excluding hydrogens is 306 g/mol. The Morgan fingerprint density at radius 3 is 2.58 bits per heavy atom. The number of nitrogens with one attached hydrogen (secondary N) is 1. The fourth-order valence-corrected chi connectivity index (χ4v) is 3.40. The summed E-state index contributed by atoms with van der Waals surface area (Å²) in [5.41, 5.74) is 1.24. The van der Waals surface area contributed by atoms with Crippen LogP contribution in [0, 0.1) is 5.92 Å². The van der Waals surface area contributed by atoms with E-state index in [1.165, 1.54) is 5.56 Å². The molecular formula is C15H20BrNO2. The van der Waals surface area contributed by atoms with Crippen LogP contribution in [0.25, 0.3) is 0 Å². The lowest BCUT2D eigenvalue weighted by Crippen LogP contribution is -2.28. The van der Waals surface area contributed by atoms with Gasteiger partial charge in [0.05, 0.1) is 11.6 Å². The van der Waals surface area contributed by atoms with Gasteiger partial charge in [-0.15, -0.1) is 0 Å². The molecule has 0 heterocycles. The van der Waals surface area contributed by atoms with Crippen LogP contribution in [-0.4, -0.2) is 19.9 Å². The molecule has 19 heavy (non-hydrogen) atoms. The average Bonchev–Trinajstić information content (AvgIpc) is 2.42. The second kappa shape index (κ2) is 6.53. The highest BCUT2D eigenvalue weighted by Crippen LogP contribution is 2.35. The van der Waals surface area contributed by atoms with Gasteiger partial charge in [0.15, 0.2) is 0 Å². The van der Waals surface area contributed by atoms with Gasteiger partial charge in [-0.2, -0.15) is 0 Å². The lowest BCUT2D eigenvalue weighted by Gasteiger charge is -2.30. The molecule has 1 fully saturated rings. The van der Waals surface area contributed by atoms with Crippen molar-refractivity contribution in [2.45, 2.75) is 31.7 Å². The van der Waals surface area contributed by atoms with Crippen molar-refractivity contribution in [3.63, 3.8) is 0 Å². The highest BCUT2D eigenvalue weighted by Gasteiger charge is 2.26. The Hall–Kier alpha value is -0.870. The Balaban J connectivity index is 2.17. The molecule has 1 N–H and O–H groups in total. The molecule has 2 rings (SSSR count). The van der Waals surface area contributed by atoms with E-state index < -0.39 is 0 Å². The standard InChI is InChI=1S/C15H20BrNO2/c1-17-15(10-3-6-12(18)7-4-10)11-5-8-14(19-2)13(16)9-11/h5,8-10,15,17H,3-4,6-7H2,1-2H3. The monoisotopic (exact) mass is 325 g/mol. The van der Waals surface area contributed by atoms with Crippen LogP contribution in [0.2, 0.25) is 0 Å². The summed E-state index contributed by atoms with van der Waals surface area (Å²) in [5.74, 6) is 1.78. The van der Waals surface area contributed by atoms with Gasteiger partial charge < -0.3 is 10.1 Å². The van der Waals surface area contributed by atoms with E-state index in [4.69, 9.17) is 4.74 Å². The number of Topliss-reactive ketones (excluding diaryl/α,β-unsaturated/α-hetero) is 1. The minimum absolute atomic E-state index is 0.301. The van der Waals surface area contributed by atoms with Crippen molar-refractivity contribution in [3.05, 3.63) is 28.2 Å². The third kappa shape index (κ3) is 3.37. The lowest BCUT2D eigenvalue weighted by molar-refractivity contribution is -0.121. The van der Waals surface area contributed by atoms with Crippen LogP contribution in [0.5, 0.6) is 5.75 Å². The molecule has 0 spiro atoms. The highest BCUT2D eigenvalue weighted by atomic mass is 79.9. The number of halogens is 1. The number of carbonyl (C=O) groups is 1. The van der Waals surface area contributed by atoms with E-state index in [1.54, 1.807) is 7.11 Å². The summed E-state index contributed by atoms with van der Waals surface area (Å²) in [7, 11) is 3.65. The van der Waals surface area contributed by atoms with Crippen molar-refractivity contribution >= 4 is 21.7 Å². The van der Waals surface area contributed by atoms with Crippen LogP contribution < -0.4 is 10.1 Å². The molecule has 0 bridgehead atoms. The molecule has 3 nitrogen and oxygen atoms in total. The van der Waals surface area contributed by atoms with E-state index in [1.807, 2.05) is 13.1 Å². The van der Waals surface area contributed by atoms with Crippen molar-refractivity contribution < 1.29 is 9.53 Å². The first-order valence-corrected chi connectivity index (χ1v) is 7.47. The molecule has 4 heteroatoms. The molecule has 1 aliphatic carbocycles. The molecule has 0 saturated heterocycles. The van der Waals surface area contributed by atoms with Gasteiger partial charge in [-0.05, 0) is 59.4 Å². The highest BCUT2D eigenvalue weighted by molar-refractivity contribution is 9.10. The second-order valence-electron chi connectivity index (χ2n) is 5.04. The zero-order valence-electron chi connectivity index (χ0n) is 11.4. The van der Waals surface area contributed by atoms with Crippen LogP contribution in [0.3, 0.4) is 0 Å². The largest absolute Gasteiger partial charge is 0.496 e. The molecule has 1 aromatic rings. The number of ether oxygens (including phenoxy) is 1. The number of ketones is 1. The third-order valence-electron chi connectivity index (χ3n) is 3.91. The SMILES string of the molecule is CNC(c1ccc(OC)c(Br)c1)C1CCC(=O)CC1. The maximum absolute atomic E-state index is 11.3. The fourth-order valence-electron chi connectivity index (χ4n) is 2.85. The zero-order chi connectivity index (χ0) is 13.8. The first kappa shape index (κ1) is 14.5. The maximum atomic E-state index is 11.3. The first-order valence-electron chi connectivity index (χ1n) is 6.68. The van der Waals surface area contributed by atoms with Crippen molar-refractivity contribution in [1.82, 2.24) is 5.32 Å². The van der Waals surface area contributed by atoms with Crippen molar-refractivity contribution in [2.75, 3.05) is 14.2 Å². The number of hydrogen-bond acceptors (Lipinski definition) is 3. The van der Waals surface area contributed by atoms with E-state index in [9.17, 15) is 4.79 Å². The van der Waals surface area contributed by atoms with E-state index in [0.717, 1.165) is 35.9 Å². The van der Waals surface area contributed by atoms with Gasteiger partial charge >= 0.3 is 0 Å². The average molecular weight is 326 g/mol. The molecule has 1 aliphatic rings. The Morgan fingerprint density at radius 2 is 2.05 bits per heavy atom. The van der Waals surface area contributed by atoms with Crippen molar-refractivity contribution in [1.29, 1.82) is 0 Å². The predicted molar refractivity (Wildman–Crippen MR) is 79.5 cm³/mol. The molecule has 0 aliphatic heterocycles. The summed E-state index contributed by atoms with van der Waals surface area (Å²) in [6.07, 6.45) is 3.41. The molecule has 1 unspecified atom stereocenters. The first-order chi connectivity index (χ1) is 9.15. The molecule has 1 aromatic carbocycles. The van der Waals surface area contributed by atoms with Crippen molar-refractivity contribution in [3.8, 4) is 5.75 Å². The molecule has 1 saturated carbocycles. The summed E-state index contributed by atoms with van der Waals surface area (Å²) < 4.78 is 6.23. The summed E-state index contributed by atoms with van der Waals surface area (Å²) in [5, 5.41) is 3.39. The van der Waals surface area contributed by atoms with Crippen LogP contribution in [-0.2, 0) is 4.79 Å². The Kier molecular flexibility index (Phi) is 4.99. The summed E-state index contributed by atoms with van der Waals surface area (Å²) in [6, 6.07) is 6.49. The molecule has 0 amide bonds. The van der Waals surface area contributed by atoms with E-state index in [2.05, 4.69) is 33.4 Å². The van der Waals surface area contributed by atoms with E-state index >= 15 is 0 Å². The second-order valence-corrected chi connectivity index (χ2v) is 5.89. The molecule has 0 radical (unpaired) electrons. The summed E-state index contributed by atoms with van der Waals surface area (Å²) in [6.45, 7) is 0. The molecule has 0 aromatic heterocycles. The molecule has 1 atom stereocenters. The Bertz CT molecular complexity index is 451. The van der Waals surface area contributed by atoms with Crippen LogP contribution in [0.15, 0.2) is 22.7 Å². The van der Waals surface area contributed by atoms with Crippen LogP contribution in [0.1, 0.15) is 37.3 Å². The summed E-state index contributed by atoms with van der Waals surface area (Å²) >= 11 is 3.53. The number of carbonyl (C=O) groups excluding carboxylic acids is 1. The normalized spacial score (nSPS) is 18.4. The summed E-state index contributed by atoms with van der Waals surface area (Å²) in [4.78, 5) is 11.3. The minimum Gasteiger partial charge on any atom is -0.496 e. The third-order valence-corrected chi connectivity index (χ3v) is 4.53. The number of methoxy groups -OCH3 is 1. The topological polar surface area (TPSA) is 38.3 Å². The lowest BCUT2D eigenvalue weighted by atomic mass is 9.80. The van der Waals surface area contributed by atoms with Gasteiger partial charge in [-0.1, -0.05) is 6.07 Å². The van der Waals surface area contributed by atoms with E-state index in [-0.39, 0.29) is 0 Å². The smallest absolute Gasteiger partial charge is 0.133 e. The number of hydrogen-bond donors (Lipinski definition) is 1. The number of benzene rings is 1. The maximum Gasteiger partial charge on any atom is 0.133 e. The van der Waals surface area contributed by atoms with E-state index in [0.29, 0.717) is 17.7 Å². The van der Waals surface area contributed by atoms with Gasteiger partial charge in [0.2, 0.25) is 0 Å². The van der Waals surface area contributed by atoms with Crippen molar-refractivity contribution in [2.24, 2.45) is 5.92 Å². The quantitative estimate of drug-likeness (QED) is 0.921. The van der Waals surface area contributed by atoms with Gasteiger partial charge in [0, 0.05) is 18.9 Å². The van der Waals surface area contributed by atoms with Gasteiger partial charge in [0.1, 0.15) is 11.5 Å².